The first-order valence-electron chi connectivity index (χ1n) is 9.35. The van der Waals surface area contributed by atoms with Crippen LogP contribution in [0.15, 0.2) is 17.5 Å². The lowest BCUT2D eigenvalue weighted by Crippen LogP contribution is -2.47. The quantitative estimate of drug-likeness (QED) is 0.857. The van der Waals surface area contributed by atoms with Gasteiger partial charge in [-0.1, -0.05) is 25.3 Å². The van der Waals surface area contributed by atoms with Crippen molar-refractivity contribution in [2.75, 3.05) is 19.6 Å². The summed E-state index contributed by atoms with van der Waals surface area (Å²) in [6.45, 7) is 3.71. The van der Waals surface area contributed by atoms with Gasteiger partial charge in [-0.15, -0.1) is 11.3 Å². The summed E-state index contributed by atoms with van der Waals surface area (Å²) in [6, 6.07) is 4.59. The van der Waals surface area contributed by atoms with Crippen LogP contribution in [0.5, 0.6) is 0 Å². The molecule has 128 valence electrons. The molecular formula is C19H30N2OS. The smallest absolute Gasteiger partial charge is 0.220 e. The first kappa shape index (κ1) is 17.0. The molecule has 2 fully saturated rings. The summed E-state index contributed by atoms with van der Waals surface area (Å²) < 4.78 is 0. The molecule has 23 heavy (non-hydrogen) atoms. The fourth-order valence-corrected chi connectivity index (χ4v) is 4.77. The fraction of sp³-hybridized carbons (Fsp3) is 0.737. The van der Waals surface area contributed by atoms with E-state index in [0.717, 1.165) is 6.42 Å². The summed E-state index contributed by atoms with van der Waals surface area (Å²) in [5.41, 5.74) is 0. The van der Waals surface area contributed by atoms with Crippen molar-refractivity contribution in [1.29, 1.82) is 0 Å². The number of carbonyl (C=O) groups is 1. The van der Waals surface area contributed by atoms with E-state index in [9.17, 15) is 4.79 Å². The zero-order valence-electron chi connectivity index (χ0n) is 14.1. The lowest BCUT2D eigenvalue weighted by molar-refractivity contribution is -0.122. The van der Waals surface area contributed by atoms with Crippen molar-refractivity contribution in [2.24, 2.45) is 5.92 Å². The molecule has 2 heterocycles. The Morgan fingerprint density at radius 2 is 2.00 bits per heavy atom. The fourth-order valence-electron chi connectivity index (χ4n) is 4.06. The Morgan fingerprint density at radius 1 is 1.17 bits per heavy atom. The highest BCUT2D eigenvalue weighted by molar-refractivity contribution is 7.09. The Kier molecular flexibility index (Phi) is 6.52. The first-order chi connectivity index (χ1) is 11.3. The van der Waals surface area contributed by atoms with Gasteiger partial charge >= 0.3 is 0 Å². The second-order valence-corrected chi connectivity index (χ2v) is 8.19. The molecule has 1 N–H and O–H groups in total. The number of thiophene rings is 1. The van der Waals surface area contributed by atoms with Crippen LogP contribution in [-0.2, 0) is 11.2 Å². The van der Waals surface area contributed by atoms with Crippen LogP contribution in [0.25, 0.3) is 0 Å². The molecule has 3 nitrogen and oxygen atoms in total. The number of nitrogens with one attached hydrogen (secondary N) is 1. The van der Waals surface area contributed by atoms with Crippen LogP contribution in [0.3, 0.4) is 0 Å². The van der Waals surface area contributed by atoms with Gasteiger partial charge in [0.15, 0.2) is 0 Å². The Morgan fingerprint density at radius 3 is 2.78 bits per heavy atom. The van der Waals surface area contributed by atoms with Crippen LogP contribution in [0, 0.1) is 5.92 Å². The van der Waals surface area contributed by atoms with Crippen molar-refractivity contribution in [2.45, 2.75) is 63.8 Å². The van der Waals surface area contributed by atoms with E-state index in [-0.39, 0.29) is 5.91 Å². The molecule has 1 aromatic heterocycles. The van der Waals surface area contributed by atoms with Crippen LogP contribution >= 0.6 is 11.3 Å². The summed E-state index contributed by atoms with van der Waals surface area (Å²) in [6.07, 6.45) is 10.7. The molecule has 1 aromatic rings. The van der Waals surface area contributed by atoms with Crippen LogP contribution in [0.1, 0.15) is 56.2 Å². The van der Waals surface area contributed by atoms with E-state index in [1.807, 2.05) is 0 Å². The van der Waals surface area contributed by atoms with Crippen molar-refractivity contribution in [3.63, 3.8) is 0 Å². The predicted octanol–water partition coefficient (Wildman–Crippen LogP) is 3.84. The molecule has 0 spiro atoms. The van der Waals surface area contributed by atoms with Crippen LogP contribution in [-0.4, -0.2) is 36.5 Å². The van der Waals surface area contributed by atoms with Gasteiger partial charge < -0.3 is 10.2 Å². The average Bonchev–Trinajstić information content (AvgIpc) is 3.09. The molecule has 1 amide bonds. The largest absolute Gasteiger partial charge is 0.353 e. The molecule has 0 aromatic carbocycles. The maximum absolute atomic E-state index is 12.3. The molecule has 0 bridgehead atoms. The lowest BCUT2D eigenvalue weighted by atomic mass is 9.83. The number of amides is 1. The van der Waals surface area contributed by atoms with E-state index in [0.29, 0.717) is 18.4 Å². The molecule has 0 radical (unpaired) electrons. The standard InChI is InChI=1S/C19H30N2OS/c22-19(11-10-17-8-6-14-23-17)20-18-9-3-2-7-16(18)15-21-12-4-1-5-13-21/h6,8,14,16,18H,1-5,7,9-13,15H2,(H,20,22). The third kappa shape index (κ3) is 5.32. The summed E-state index contributed by atoms with van der Waals surface area (Å²) >= 11 is 1.75. The normalized spacial score (nSPS) is 26.1. The number of hydrogen-bond acceptors (Lipinski definition) is 3. The number of hydrogen-bond donors (Lipinski definition) is 1. The van der Waals surface area contributed by atoms with Gasteiger partial charge in [-0.2, -0.15) is 0 Å². The molecular weight excluding hydrogens is 304 g/mol. The second kappa shape index (κ2) is 8.84. The Bertz CT molecular complexity index is 468. The SMILES string of the molecule is O=C(CCc1cccs1)NC1CCCCC1CN1CCCCC1. The van der Waals surface area contributed by atoms with Crippen molar-refractivity contribution >= 4 is 17.2 Å². The number of carbonyl (C=O) groups excluding carboxylic acids is 1. The van der Waals surface area contributed by atoms with Crippen molar-refractivity contribution < 1.29 is 4.79 Å². The van der Waals surface area contributed by atoms with Gasteiger partial charge in [-0.3, -0.25) is 4.79 Å². The molecule has 1 saturated carbocycles. The van der Waals surface area contributed by atoms with E-state index in [1.165, 1.54) is 69.5 Å². The lowest BCUT2D eigenvalue weighted by Gasteiger charge is -2.37. The predicted molar refractivity (Wildman–Crippen MR) is 96.8 cm³/mol. The molecule has 3 rings (SSSR count). The third-order valence-electron chi connectivity index (χ3n) is 5.38. The zero-order chi connectivity index (χ0) is 15.9. The summed E-state index contributed by atoms with van der Waals surface area (Å²) in [7, 11) is 0. The minimum absolute atomic E-state index is 0.244. The van der Waals surface area contributed by atoms with Crippen molar-refractivity contribution in [3.8, 4) is 0 Å². The van der Waals surface area contributed by atoms with Gasteiger partial charge in [-0.05, 0) is 62.6 Å². The van der Waals surface area contributed by atoms with E-state index in [4.69, 9.17) is 0 Å². The molecule has 2 aliphatic rings. The van der Waals surface area contributed by atoms with Crippen molar-refractivity contribution in [3.05, 3.63) is 22.4 Å². The molecule has 4 heteroatoms. The van der Waals surface area contributed by atoms with Gasteiger partial charge in [0, 0.05) is 23.9 Å². The van der Waals surface area contributed by atoms with Crippen molar-refractivity contribution in [1.82, 2.24) is 10.2 Å². The zero-order valence-corrected chi connectivity index (χ0v) is 15.0. The maximum Gasteiger partial charge on any atom is 0.220 e. The summed E-state index contributed by atoms with van der Waals surface area (Å²) in [5.74, 6) is 0.904. The number of aryl methyl sites for hydroxylation is 1. The third-order valence-corrected chi connectivity index (χ3v) is 6.31. The Balaban J connectivity index is 1.46. The van der Waals surface area contributed by atoms with Crippen LogP contribution < -0.4 is 5.32 Å². The summed E-state index contributed by atoms with van der Waals surface area (Å²) in [5, 5.41) is 5.45. The highest BCUT2D eigenvalue weighted by atomic mass is 32.1. The summed E-state index contributed by atoms with van der Waals surface area (Å²) in [4.78, 5) is 16.3. The van der Waals surface area contributed by atoms with Crippen LogP contribution in [0.2, 0.25) is 0 Å². The molecule has 1 saturated heterocycles. The van der Waals surface area contributed by atoms with E-state index in [2.05, 4.69) is 27.7 Å². The highest BCUT2D eigenvalue weighted by Crippen LogP contribution is 2.26. The van der Waals surface area contributed by atoms with Gasteiger partial charge in [0.05, 0.1) is 0 Å². The van der Waals surface area contributed by atoms with E-state index < -0.39 is 0 Å². The molecule has 1 aliphatic carbocycles. The van der Waals surface area contributed by atoms with Gasteiger partial charge in [0.2, 0.25) is 5.91 Å². The topological polar surface area (TPSA) is 32.3 Å². The first-order valence-corrected chi connectivity index (χ1v) is 10.2. The van der Waals surface area contributed by atoms with E-state index >= 15 is 0 Å². The molecule has 2 atom stereocenters. The van der Waals surface area contributed by atoms with Gasteiger partial charge in [0.25, 0.3) is 0 Å². The van der Waals surface area contributed by atoms with Gasteiger partial charge in [0.1, 0.15) is 0 Å². The van der Waals surface area contributed by atoms with E-state index in [1.54, 1.807) is 11.3 Å². The highest BCUT2D eigenvalue weighted by Gasteiger charge is 2.28. The minimum atomic E-state index is 0.244. The minimum Gasteiger partial charge on any atom is -0.353 e. The Hall–Kier alpha value is -0.870. The number of piperidine rings is 1. The monoisotopic (exact) mass is 334 g/mol. The molecule has 2 unspecified atom stereocenters. The number of nitrogens with zero attached hydrogens (tertiary/aromatic N) is 1. The second-order valence-electron chi connectivity index (χ2n) is 7.16. The number of likely N-dealkylation sites (tertiary alicyclic amines) is 1. The average molecular weight is 335 g/mol. The maximum atomic E-state index is 12.3. The van der Waals surface area contributed by atoms with Crippen LogP contribution in [0.4, 0.5) is 0 Å². The molecule has 1 aliphatic heterocycles. The van der Waals surface area contributed by atoms with Gasteiger partial charge in [-0.25, -0.2) is 0 Å². The Labute approximate surface area is 144 Å². The number of rotatable bonds is 6.